The Morgan fingerprint density at radius 1 is 1.30 bits per heavy atom. The highest BCUT2D eigenvalue weighted by molar-refractivity contribution is 5.92. The summed E-state index contributed by atoms with van der Waals surface area (Å²) in [5, 5.41) is 8.85. The van der Waals surface area contributed by atoms with Crippen molar-refractivity contribution in [3.63, 3.8) is 0 Å². The van der Waals surface area contributed by atoms with Crippen molar-refractivity contribution in [1.82, 2.24) is 14.9 Å². The molecule has 0 saturated carbocycles. The first-order valence-corrected chi connectivity index (χ1v) is 7.11. The van der Waals surface area contributed by atoms with Crippen molar-refractivity contribution in [1.29, 1.82) is 0 Å². The Bertz CT molecular complexity index is 912. The van der Waals surface area contributed by atoms with E-state index in [1.807, 2.05) is 30.3 Å². The first-order valence-electron chi connectivity index (χ1n) is 7.11. The molecule has 0 bridgehead atoms. The number of rotatable bonds is 4. The molecule has 1 aromatic carbocycles. The molecule has 0 amide bonds. The molecule has 23 heavy (non-hydrogen) atoms. The van der Waals surface area contributed by atoms with Crippen LogP contribution in [0.25, 0.3) is 22.2 Å². The number of hydrogen-bond donors (Lipinski definition) is 0. The minimum atomic E-state index is -0.406. The topological polar surface area (TPSA) is 87.2 Å². The molecule has 7 nitrogen and oxygen atoms in total. The zero-order chi connectivity index (χ0) is 16.4. The number of aryl methyl sites for hydroxylation is 2. The lowest BCUT2D eigenvalue weighted by Crippen LogP contribution is -2.25. The van der Waals surface area contributed by atoms with E-state index < -0.39 is 5.97 Å². The lowest BCUT2D eigenvalue weighted by molar-refractivity contribution is -0.140. The van der Waals surface area contributed by atoms with E-state index in [1.54, 1.807) is 6.92 Å². The summed E-state index contributed by atoms with van der Waals surface area (Å²) in [5.41, 5.74) is 1.26. The molecule has 0 fully saturated rings. The molecule has 0 atom stereocenters. The maximum absolute atomic E-state index is 12.5. The van der Waals surface area contributed by atoms with Crippen molar-refractivity contribution < 1.29 is 14.1 Å². The van der Waals surface area contributed by atoms with Gasteiger partial charge in [-0.3, -0.25) is 9.59 Å². The molecule has 0 spiro atoms. The number of esters is 1. The second-order valence-electron chi connectivity index (χ2n) is 5.03. The molecular formula is C16H15N3O4. The highest BCUT2D eigenvalue weighted by Gasteiger charge is 2.19. The fourth-order valence-electron chi connectivity index (χ4n) is 2.38. The van der Waals surface area contributed by atoms with Crippen LogP contribution in [-0.2, 0) is 16.1 Å². The third-order valence-electron chi connectivity index (χ3n) is 3.56. The Balaban J connectivity index is 2.18. The molecule has 118 valence electrons. The van der Waals surface area contributed by atoms with Crippen LogP contribution >= 0.6 is 0 Å². The van der Waals surface area contributed by atoms with Crippen molar-refractivity contribution in [3.05, 3.63) is 46.4 Å². The molecule has 0 saturated heterocycles. The monoisotopic (exact) mass is 313 g/mol. The van der Waals surface area contributed by atoms with Gasteiger partial charge in [0.25, 0.3) is 5.56 Å². The number of fused-ring (bicyclic) bond motifs is 1. The maximum atomic E-state index is 12.5. The van der Waals surface area contributed by atoms with Gasteiger partial charge in [-0.1, -0.05) is 35.5 Å². The van der Waals surface area contributed by atoms with Gasteiger partial charge < -0.3 is 9.26 Å². The number of hydrogen-bond acceptors (Lipinski definition) is 6. The highest BCUT2D eigenvalue weighted by atomic mass is 16.5. The van der Waals surface area contributed by atoms with E-state index in [9.17, 15) is 9.59 Å². The first kappa shape index (κ1) is 15.0. The molecule has 2 aromatic heterocycles. The molecule has 0 unspecified atom stereocenters. The van der Waals surface area contributed by atoms with Gasteiger partial charge in [0.1, 0.15) is 11.5 Å². The van der Waals surface area contributed by atoms with E-state index in [0.29, 0.717) is 16.8 Å². The summed E-state index contributed by atoms with van der Waals surface area (Å²) >= 11 is 0. The zero-order valence-corrected chi connectivity index (χ0v) is 12.8. The van der Waals surface area contributed by atoms with Crippen molar-refractivity contribution >= 4 is 16.9 Å². The van der Waals surface area contributed by atoms with E-state index in [1.165, 1.54) is 11.8 Å². The molecular weight excluding hydrogens is 298 g/mol. The van der Waals surface area contributed by atoms with Crippen molar-refractivity contribution in [3.8, 4) is 11.3 Å². The second kappa shape index (κ2) is 6.04. The lowest BCUT2D eigenvalue weighted by Gasteiger charge is -2.08. The van der Waals surface area contributed by atoms with Gasteiger partial charge in [0.15, 0.2) is 5.52 Å². The van der Waals surface area contributed by atoms with Crippen LogP contribution in [0, 0.1) is 6.92 Å². The lowest BCUT2D eigenvalue weighted by atomic mass is 10.1. The molecule has 0 aliphatic carbocycles. The van der Waals surface area contributed by atoms with Crippen LogP contribution in [0.4, 0.5) is 0 Å². The van der Waals surface area contributed by atoms with Gasteiger partial charge in [-0.2, -0.15) is 5.10 Å². The van der Waals surface area contributed by atoms with Crippen LogP contribution in [0.5, 0.6) is 0 Å². The summed E-state index contributed by atoms with van der Waals surface area (Å²) in [7, 11) is 1.30. The normalized spacial score (nSPS) is 10.9. The molecule has 0 N–H and O–H groups in total. The molecule has 3 aromatic rings. The summed E-state index contributed by atoms with van der Waals surface area (Å²) in [6.45, 7) is 1.86. The van der Waals surface area contributed by atoms with Crippen molar-refractivity contribution in [2.45, 2.75) is 19.9 Å². The van der Waals surface area contributed by atoms with Gasteiger partial charge in [0.05, 0.1) is 25.5 Å². The summed E-state index contributed by atoms with van der Waals surface area (Å²) < 4.78 is 11.0. The number of aromatic nitrogens is 3. The molecule has 7 heteroatoms. The number of methoxy groups -OCH3 is 1. The third-order valence-corrected chi connectivity index (χ3v) is 3.56. The van der Waals surface area contributed by atoms with E-state index in [-0.39, 0.29) is 24.0 Å². The summed E-state index contributed by atoms with van der Waals surface area (Å²) in [6, 6.07) is 9.45. The average Bonchev–Trinajstić information content (AvgIpc) is 2.97. The molecule has 0 aliphatic heterocycles. The summed E-state index contributed by atoms with van der Waals surface area (Å²) in [5.74, 6) is 0.125. The molecule has 0 radical (unpaired) electrons. The first-order chi connectivity index (χ1) is 11.1. The summed E-state index contributed by atoms with van der Waals surface area (Å²) in [4.78, 5) is 23.8. The van der Waals surface area contributed by atoms with Gasteiger partial charge >= 0.3 is 5.97 Å². The van der Waals surface area contributed by atoms with E-state index in [2.05, 4.69) is 15.0 Å². The third kappa shape index (κ3) is 2.73. The fraction of sp³-hybridized carbons (Fsp3) is 0.250. The van der Waals surface area contributed by atoms with Crippen LogP contribution < -0.4 is 5.56 Å². The smallest absolute Gasteiger partial charge is 0.307 e. The van der Waals surface area contributed by atoms with Crippen molar-refractivity contribution in [2.75, 3.05) is 7.11 Å². The van der Waals surface area contributed by atoms with Gasteiger partial charge in [0.2, 0.25) is 0 Å². The van der Waals surface area contributed by atoms with Gasteiger partial charge in [-0.05, 0) is 6.92 Å². The Hall–Kier alpha value is -2.96. The largest absolute Gasteiger partial charge is 0.469 e. The van der Waals surface area contributed by atoms with Crippen LogP contribution in [0.15, 0.2) is 39.6 Å². The zero-order valence-electron chi connectivity index (χ0n) is 12.8. The molecule has 2 heterocycles. The minimum absolute atomic E-state index is 0.0555. The van der Waals surface area contributed by atoms with Crippen LogP contribution in [0.3, 0.4) is 0 Å². The number of carbonyl (C=O) groups excluding carboxylic acids is 1. The van der Waals surface area contributed by atoms with Crippen molar-refractivity contribution in [2.24, 2.45) is 0 Å². The van der Waals surface area contributed by atoms with E-state index >= 15 is 0 Å². The Morgan fingerprint density at radius 2 is 2.04 bits per heavy atom. The average molecular weight is 313 g/mol. The van der Waals surface area contributed by atoms with Gasteiger partial charge in [-0.25, -0.2) is 4.68 Å². The van der Waals surface area contributed by atoms with Crippen LogP contribution in [0.2, 0.25) is 0 Å². The maximum Gasteiger partial charge on any atom is 0.307 e. The standard InChI is InChI=1S/C16H15N3O4/c1-10-13-14(11-6-4-3-5-7-11)17-19(9-8-12(20)22-2)16(21)15(13)18-23-10/h3-7H,8-9H2,1-2H3. The molecule has 0 aliphatic rings. The Kier molecular flexibility index (Phi) is 3.92. The predicted octanol–water partition coefficient (Wildman–Crippen LogP) is 1.92. The number of ether oxygens (including phenoxy) is 1. The number of nitrogens with zero attached hydrogens (tertiary/aromatic N) is 3. The molecule has 3 rings (SSSR count). The van der Waals surface area contributed by atoms with Crippen LogP contribution in [-0.4, -0.2) is 28.0 Å². The number of carbonyl (C=O) groups is 1. The summed E-state index contributed by atoms with van der Waals surface area (Å²) in [6.07, 6.45) is 0.0555. The fourth-order valence-corrected chi connectivity index (χ4v) is 2.38. The predicted molar refractivity (Wildman–Crippen MR) is 82.9 cm³/mol. The Morgan fingerprint density at radius 3 is 2.74 bits per heavy atom. The quantitative estimate of drug-likeness (QED) is 0.684. The highest BCUT2D eigenvalue weighted by Crippen LogP contribution is 2.26. The Labute approximate surface area is 131 Å². The van der Waals surface area contributed by atoms with E-state index in [4.69, 9.17) is 4.52 Å². The number of benzene rings is 1. The second-order valence-corrected chi connectivity index (χ2v) is 5.03. The SMILES string of the molecule is COC(=O)CCn1nc(-c2ccccc2)c2c(C)onc2c1=O. The van der Waals surface area contributed by atoms with Crippen LogP contribution in [0.1, 0.15) is 12.2 Å². The van der Waals surface area contributed by atoms with Gasteiger partial charge in [0, 0.05) is 5.56 Å². The minimum Gasteiger partial charge on any atom is -0.469 e. The van der Waals surface area contributed by atoms with Gasteiger partial charge in [-0.15, -0.1) is 0 Å². The van der Waals surface area contributed by atoms with E-state index in [0.717, 1.165) is 5.56 Å².